The van der Waals surface area contributed by atoms with Crippen LogP contribution in [0.1, 0.15) is 23.9 Å². The van der Waals surface area contributed by atoms with Crippen molar-refractivity contribution in [3.63, 3.8) is 0 Å². The van der Waals surface area contributed by atoms with E-state index in [0.717, 1.165) is 22.4 Å². The predicted octanol–water partition coefficient (Wildman–Crippen LogP) is 4.13. The number of nitrogens with zero attached hydrogens (tertiary/aromatic N) is 3. The molecule has 1 saturated heterocycles. The molecule has 0 unspecified atom stereocenters. The smallest absolute Gasteiger partial charge is 0.243 e. The van der Waals surface area contributed by atoms with Gasteiger partial charge in [0.05, 0.1) is 41.3 Å². The average Bonchev–Trinajstić information content (AvgIpc) is 3.18. The van der Waals surface area contributed by atoms with E-state index in [1.807, 2.05) is 42.7 Å². The van der Waals surface area contributed by atoms with Gasteiger partial charge in [0.1, 0.15) is 5.75 Å². The van der Waals surface area contributed by atoms with Crippen LogP contribution in [0.4, 0.5) is 0 Å². The van der Waals surface area contributed by atoms with Gasteiger partial charge in [0.25, 0.3) is 0 Å². The number of rotatable bonds is 6. The average molecular weight is 476 g/mol. The molecule has 0 bridgehead atoms. The van der Waals surface area contributed by atoms with Crippen LogP contribution in [-0.2, 0) is 21.3 Å². The van der Waals surface area contributed by atoms with Crippen LogP contribution in [0.2, 0.25) is 0 Å². The number of hydrogen-bond acceptors (Lipinski definition) is 5. The van der Waals surface area contributed by atoms with E-state index in [9.17, 15) is 8.42 Å². The molecule has 1 fully saturated rings. The summed E-state index contributed by atoms with van der Waals surface area (Å²) in [5.74, 6) is 1.41. The van der Waals surface area contributed by atoms with E-state index in [-0.39, 0.29) is 4.90 Å². The van der Waals surface area contributed by atoms with Gasteiger partial charge in [0.15, 0.2) is 5.82 Å². The van der Waals surface area contributed by atoms with E-state index in [0.29, 0.717) is 49.2 Å². The number of hydrogen-bond donors (Lipinski definition) is 0. The number of morpholine rings is 1. The molecule has 3 aromatic rings. The molecule has 0 atom stereocenters. The summed E-state index contributed by atoms with van der Waals surface area (Å²) < 4.78 is 40.1. The van der Waals surface area contributed by atoms with Crippen molar-refractivity contribution in [1.82, 2.24) is 13.9 Å². The van der Waals surface area contributed by atoms with Gasteiger partial charge in [-0.3, -0.25) is 0 Å². The quantitative estimate of drug-likeness (QED) is 0.536. The van der Waals surface area contributed by atoms with Crippen molar-refractivity contribution in [3.05, 3.63) is 53.3 Å². The highest BCUT2D eigenvalue weighted by Gasteiger charge is 2.27. The maximum Gasteiger partial charge on any atom is 0.243 e. The number of fused-ring (bicyclic) bond motifs is 1. The molecular formula is C23H26ClN3O4S. The van der Waals surface area contributed by atoms with Gasteiger partial charge in [-0.2, -0.15) is 4.31 Å². The number of sulfonamides is 1. The van der Waals surface area contributed by atoms with Gasteiger partial charge in [-0.05, 0) is 61.4 Å². The maximum atomic E-state index is 13.0. The second kappa shape index (κ2) is 9.23. The lowest BCUT2D eigenvalue weighted by atomic mass is 10.1. The minimum atomic E-state index is -3.60. The van der Waals surface area contributed by atoms with Gasteiger partial charge in [0, 0.05) is 19.6 Å². The third kappa shape index (κ3) is 4.28. The zero-order chi connectivity index (χ0) is 22.9. The van der Waals surface area contributed by atoms with Crippen LogP contribution >= 0.6 is 11.6 Å². The van der Waals surface area contributed by atoms with E-state index in [1.165, 1.54) is 4.31 Å². The van der Waals surface area contributed by atoms with Crippen molar-refractivity contribution in [3.8, 4) is 5.75 Å². The number of methoxy groups -OCH3 is 1. The third-order valence-electron chi connectivity index (χ3n) is 5.57. The Morgan fingerprint density at radius 3 is 2.62 bits per heavy atom. The first-order chi connectivity index (χ1) is 15.3. The molecule has 1 aromatic heterocycles. The van der Waals surface area contributed by atoms with Crippen molar-refractivity contribution < 1.29 is 17.9 Å². The van der Waals surface area contributed by atoms with E-state index < -0.39 is 10.0 Å². The molecule has 0 saturated carbocycles. The fourth-order valence-corrected chi connectivity index (χ4v) is 5.61. The molecule has 0 spiro atoms. The van der Waals surface area contributed by atoms with Crippen LogP contribution in [-0.4, -0.2) is 55.7 Å². The predicted molar refractivity (Wildman–Crippen MR) is 126 cm³/mol. The van der Waals surface area contributed by atoms with Gasteiger partial charge in [-0.15, -0.1) is 0 Å². The minimum Gasteiger partial charge on any atom is -0.496 e. The Kier molecular flexibility index (Phi) is 6.57. The summed E-state index contributed by atoms with van der Waals surface area (Å²) >= 11 is 6.68. The monoisotopic (exact) mass is 475 g/mol. The van der Waals surface area contributed by atoms with E-state index in [1.54, 1.807) is 25.3 Å². The molecule has 32 heavy (non-hydrogen) atoms. The Balaban J connectivity index is 1.73. The van der Waals surface area contributed by atoms with E-state index >= 15 is 0 Å². The van der Waals surface area contributed by atoms with Gasteiger partial charge in [0.2, 0.25) is 10.0 Å². The second-order valence-corrected chi connectivity index (χ2v) is 9.91. The van der Waals surface area contributed by atoms with Crippen LogP contribution in [0.15, 0.2) is 41.3 Å². The van der Waals surface area contributed by atoms with Crippen LogP contribution in [0.25, 0.3) is 22.1 Å². The molecule has 2 aromatic carbocycles. The Morgan fingerprint density at radius 1 is 1.22 bits per heavy atom. The number of halogens is 1. The fraction of sp³-hybridized carbons (Fsp3) is 0.348. The lowest BCUT2D eigenvalue weighted by Gasteiger charge is -2.26. The second-order valence-electron chi connectivity index (χ2n) is 7.57. The topological polar surface area (TPSA) is 73.7 Å². The highest BCUT2D eigenvalue weighted by atomic mass is 35.5. The Morgan fingerprint density at radius 2 is 1.97 bits per heavy atom. The first-order valence-electron chi connectivity index (χ1n) is 10.5. The van der Waals surface area contributed by atoms with Gasteiger partial charge < -0.3 is 14.0 Å². The molecule has 1 aliphatic rings. The summed E-state index contributed by atoms with van der Waals surface area (Å²) in [4.78, 5) is 4.91. The highest BCUT2D eigenvalue weighted by molar-refractivity contribution is 7.89. The van der Waals surface area contributed by atoms with Crippen molar-refractivity contribution >= 4 is 43.8 Å². The fourth-order valence-electron chi connectivity index (χ4n) is 3.91. The Labute approximate surface area is 193 Å². The number of benzene rings is 2. The molecule has 9 heteroatoms. The van der Waals surface area contributed by atoms with E-state index in [4.69, 9.17) is 21.1 Å². The van der Waals surface area contributed by atoms with Crippen LogP contribution < -0.4 is 4.74 Å². The van der Waals surface area contributed by atoms with Crippen LogP contribution in [0.5, 0.6) is 5.75 Å². The Bertz CT molecular complexity index is 1280. The summed E-state index contributed by atoms with van der Waals surface area (Å²) in [7, 11) is -1.96. The van der Waals surface area contributed by atoms with Crippen molar-refractivity contribution in [2.45, 2.75) is 25.3 Å². The van der Waals surface area contributed by atoms with Crippen molar-refractivity contribution in [2.24, 2.45) is 0 Å². The van der Waals surface area contributed by atoms with Crippen LogP contribution in [0, 0.1) is 6.92 Å². The molecule has 0 radical (unpaired) electrons. The molecule has 7 nitrogen and oxygen atoms in total. The lowest BCUT2D eigenvalue weighted by molar-refractivity contribution is 0.0730. The van der Waals surface area contributed by atoms with Crippen molar-refractivity contribution in [1.29, 1.82) is 0 Å². The van der Waals surface area contributed by atoms with E-state index in [2.05, 4.69) is 4.98 Å². The normalized spacial score (nSPS) is 15.9. The molecule has 1 aliphatic heterocycles. The zero-order valence-corrected chi connectivity index (χ0v) is 19.9. The molecular weight excluding hydrogens is 450 g/mol. The lowest BCUT2D eigenvalue weighted by Crippen LogP contribution is -2.40. The first kappa shape index (κ1) is 22.8. The molecule has 4 rings (SSSR count). The number of imidazole rings is 1. The maximum absolute atomic E-state index is 13.0. The Hall–Kier alpha value is -2.39. The summed E-state index contributed by atoms with van der Waals surface area (Å²) in [5, 5.41) is 0.477. The summed E-state index contributed by atoms with van der Waals surface area (Å²) in [5.41, 5.74) is 3.36. The third-order valence-corrected chi connectivity index (χ3v) is 7.74. The molecule has 170 valence electrons. The number of aryl methyl sites for hydroxylation is 2. The number of aromatic nitrogens is 2. The largest absolute Gasteiger partial charge is 0.496 e. The number of ether oxygens (including phenoxy) is 2. The minimum absolute atomic E-state index is 0.227. The first-order valence-corrected chi connectivity index (χ1v) is 12.3. The van der Waals surface area contributed by atoms with Crippen LogP contribution in [0.3, 0.4) is 0 Å². The molecule has 0 N–H and O–H groups in total. The van der Waals surface area contributed by atoms with Gasteiger partial charge in [-0.25, -0.2) is 13.4 Å². The SMILES string of the molecule is CCn1c(C(Cl)=Cc2ccc(OC)c(C)c2)nc2cc(S(=O)(=O)N3CCOCC3)ccc21. The highest BCUT2D eigenvalue weighted by Crippen LogP contribution is 2.29. The zero-order valence-electron chi connectivity index (χ0n) is 18.3. The standard InChI is InChI=1S/C23H26ClN3O4S/c1-4-27-21-7-6-18(32(28,29)26-9-11-31-12-10-26)15-20(21)25-23(27)19(24)14-17-5-8-22(30-3)16(2)13-17/h5-8,13-15H,4,9-12H2,1-3H3. The molecule has 0 aliphatic carbocycles. The van der Waals surface area contributed by atoms with Gasteiger partial charge in [-0.1, -0.05) is 17.7 Å². The molecule has 0 amide bonds. The summed E-state index contributed by atoms with van der Waals surface area (Å²) in [6, 6.07) is 10.9. The summed E-state index contributed by atoms with van der Waals surface area (Å²) in [6.07, 6.45) is 1.85. The van der Waals surface area contributed by atoms with Gasteiger partial charge >= 0.3 is 0 Å². The molecule has 2 heterocycles. The van der Waals surface area contributed by atoms with Crippen molar-refractivity contribution in [2.75, 3.05) is 33.4 Å². The summed E-state index contributed by atoms with van der Waals surface area (Å²) in [6.45, 7) is 6.14.